The number of rotatable bonds is 4. The van der Waals surface area contributed by atoms with Crippen LogP contribution in [0, 0.1) is 10.1 Å². The van der Waals surface area contributed by atoms with E-state index in [1.807, 2.05) is 4.98 Å². The molecule has 0 bridgehead atoms. The number of nitrogens with zero attached hydrogens (tertiary/aromatic N) is 1. The van der Waals surface area contributed by atoms with Gasteiger partial charge in [-0.1, -0.05) is 0 Å². The Balaban J connectivity index is 3.47. The molecule has 0 aliphatic heterocycles. The molecule has 92 valence electrons. The first-order valence-electron chi connectivity index (χ1n) is 4.23. The van der Waals surface area contributed by atoms with Gasteiger partial charge in [0.25, 0.3) is 6.43 Å². The Labute approximate surface area is 91.8 Å². The third kappa shape index (κ3) is 2.62. The maximum absolute atomic E-state index is 12.3. The molecule has 0 amide bonds. The van der Waals surface area contributed by atoms with Gasteiger partial charge in [-0.2, -0.15) is 0 Å². The molecule has 0 aliphatic carbocycles. The molecular weight excluding hydrogens is 242 g/mol. The van der Waals surface area contributed by atoms with Gasteiger partial charge in [-0.15, -0.1) is 0 Å². The molecule has 0 unspecified atom stereocenters. The van der Waals surface area contributed by atoms with Crippen LogP contribution in [0.3, 0.4) is 0 Å². The van der Waals surface area contributed by atoms with Crippen LogP contribution >= 0.6 is 0 Å². The Morgan fingerprint density at radius 2 is 2.18 bits per heavy atom. The lowest BCUT2D eigenvalue weighted by atomic mass is 10.1. The highest BCUT2D eigenvalue weighted by atomic mass is 19.3. The quantitative estimate of drug-likeness (QED) is 0.605. The summed E-state index contributed by atoms with van der Waals surface area (Å²) in [5.41, 5.74) is -3.11. The predicted molar refractivity (Wildman–Crippen MR) is 50.0 cm³/mol. The normalized spacial score (nSPS) is 10.5. The van der Waals surface area contributed by atoms with E-state index in [-0.39, 0.29) is 0 Å². The van der Waals surface area contributed by atoms with Gasteiger partial charge in [0, 0.05) is 0 Å². The highest BCUT2D eigenvalue weighted by Gasteiger charge is 2.25. The molecule has 2 N–H and O–H groups in total. The Morgan fingerprint density at radius 3 is 2.59 bits per heavy atom. The van der Waals surface area contributed by atoms with Crippen molar-refractivity contribution in [3.63, 3.8) is 0 Å². The molecule has 1 rings (SSSR count). The van der Waals surface area contributed by atoms with Crippen molar-refractivity contribution < 1.29 is 23.6 Å². The van der Waals surface area contributed by atoms with Crippen LogP contribution in [0.15, 0.2) is 11.0 Å². The number of aliphatic carboxylic acids is 1. The summed E-state index contributed by atoms with van der Waals surface area (Å²) in [6, 6.07) is 0. The zero-order chi connectivity index (χ0) is 13.2. The average Bonchev–Trinajstić information content (AvgIpc) is 2.19. The summed E-state index contributed by atoms with van der Waals surface area (Å²) in [6.45, 7) is 0. The van der Waals surface area contributed by atoms with Crippen LogP contribution in [0.2, 0.25) is 0 Å². The van der Waals surface area contributed by atoms with Gasteiger partial charge in [0.2, 0.25) is 5.43 Å². The minimum atomic E-state index is -3.13. The number of halogens is 2. The number of H-pyrrole nitrogens is 1. The van der Waals surface area contributed by atoms with E-state index in [2.05, 4.69) is 0 Å². The van der Waals surface area contributed by atoms with E-state index in [1.165, 1.54) is 0 Å². The van der Waals surface area contributed by atoms with Gasteiger partial charge in [-0.05, 0) is 4.92 Å². The second kappa shape index (κ2) is 4.68. The summed E-state index contributed by atoms with van der Waals surface area (Å²) in [6.07, 6.45) is -3.62. The standard InChI is InChI=1S/C8H6F2N2O5/c9-7(10)4-2-11-8(12(16)17)3(6(4)15)1-5(13)14/h2,7H,1H2,(H,11,15)(H,13,14). The topological polar surface area (TPSA) is 113 Å². The molecule has 7 nitrogen and oxygen atoms in total. The Morgan fingerprint density at radius 1 is 1.59 bits per heavy atom. The van der Waals surface area contributed by atoms with Crippen molar-refractivity contribution in [1.29, 1.82) is 0 Å². The van der Waals surface area contributed by atoms with Crippen molar-refractivity contribution in [2.45, 2.75) is 12.8 Å². The van der Waals surface area contributed by atoms with Gasteiger partial charge in [0.15, 0.2) is 0 Å². The Bertz CT molecular complexity index is 525. The van der Waals surface area contributed by atoms with E-state index in [0.717, 1.165) is 0 Å². The van der Waals surface area contributed by atoms with Crippen molar-refractivity contribution in [2.24, 2.45) is 0 Å². The third-order valence-electron chi connectivity index (χ3n) is 1.93. The Kier molecular flexibility index (Phi) is 3.51. The number of carboxylic acid groups (broad SMARTS) is 1. The summed E-state index contributed by atoms with van der Waals surface area (Å²) in [4.78, 5) is 33.2. The highest BCUT2D eigenvalue weighted by Crippen LogP contribution is 2.19. The molecule has 17 heavy (non-hydrogen) atoms. The zero-order valence-corrected chi connectivity index (χ0v) is 8.15. The van der Waals surface area contributed by atoms with Crippen LogP contribution in [0.5, 0.6) is 0 Å². The summed E-state index contributed by atoms with van der Waals surface area (Å²) < 4.78 is 24.7. The minimum Gasteiger partial charge on any atom is -0.481 e. The van der Waals surface area contributed by atoms with Gasteiger partial charge in [-0.3, -0.25) is 9.59 Å². The van der Waals surface area contributed by atoms with Crippen molar-refractivity contribution in [3.05, 3.63) is 37.7 Å². The lowest BCUT2D eigenvalue weighted by Crippen LogP contribution is -2.20. The largest absolute Gasteiger partial charge is 0.481 e. The maximum atomic E-state index is 12.3. The number of aromatic amines is 1. The predicted octanol–water partition coefficient (Wildman–Crippen LogP) is 0.848. The van der Waals surface area contributed by atoms with E-state index >= 15 is 0 Å². The first-order valence-corrected chi connectivity index (χ1v) is 4.23. The van der Waals surface area contributed by atoms with Gasteiger partial charge < -0.3 is 15.2 Å². The second-order valence-corrected chi connectivity index (χ2v) is 3.03. The van der Waals surface area contributed by atoms with Crippen LogP contribution in [-0.2, 0) is 11.2 Å². The number of carboxylic acids is 1. The molecule has 1 heterocycles. The first-order chi connectivity index (χ1) is 7.84. The number of hydrogen-bond donors (Lipinski definition) is 2. The van der Waals surface area contributed by atoms with Crippen molar-refractivity contribution in [2.75, 3.05) is 0 Å². The fourth-order valence-electron chi connectivity index (χ4n) is 1.22. The minimum absolute atomic E-state index is 0.510. The van der Waals surface area contributed by atoms with Crippen LogP contribution < -0.4 is 5.43 Å². The molecule has 0 saturated carbocycles. The number of nitrogens with one attached hydrogen (secondary N) is 1. The number of aromatic nitrogens is 1. The molecule has 1 aromatic heterocycles. The van der Waals surface area contributed by atoms with Crippen LogP contribution in [-0.4, -0.2) is 21.0 Å². The second-order valence-electron chi connectivity index (χ2n) is 3.03. The molecule has 0 saturated heterocycles. The molecule has 1 aromatic rings. The van der Waals surface area contributed by atoms with Gasteiger partial charge in [-0.25, -0.2) is 13.8 Å². The summed E-state index contributed by atoms with van der Waals surface area (Å²) >= 11 is 0. The SMILES string of the molecule is O=C(O)Cc1c([N+](=O)[O-])[nH]cc(C(F)F)c1=O. The number of nitro groups is 1. The molecule has 9 heteroatoms. The Hall–Kier alpha value is -2.32. The van der Waals surface area contributed by atoms with Crippen LogP contribution in [0.4, 0.5) is 14.6 Å². The number of carbonyl (C=O) groups is 1. The van der Waals surface area contributed by atoms with Crippen molar-refractivity contribution in [3.8, 4) is 0 Å². The van der Waals surface area contributed by atoms with Crippen molar-refractivity contribution in [1.82, 2.24) is 4.98 Å². The van der Waals surface area contributed by atoms with E-state index in [4.69, 9.17) is 5.11 Å². The summed E-state index contributed by atoms with van der Waals surface area (Å²) in [7, 11) is 0. The number of pyridine rings is 1. The molecule has 0 radical (unpaired) electrons. The zero-order valence-electron chi connectivity index (χ0n) is 8.15. The van der Waals surface area contributed by atoms with E-state index in [0.29, 0.717) is 6.20 Å². The first kappa shape index (κ1) is 12.7. The molecule has 0 atom stereocenters. The van der Waals surface area contributed by atoms with Crippen LogP contribution in [0.25, 0.3) is 0 Å². The monoisotopic (exact) mass is 248 g/mol. The average molecular weight is 248 g/mol. The van der Waals surface area contributed by atoms with E-state index in [1.54, 1.807) is 0 Å². The molecule has 0 aliphatic rings. The number of hydrogen-bond acceptors (Lipinski definition) is 4. The molecule has 0 spiro atoms. The maximum Gasteiger partial charge on any atom is 0.328 e. The van der Waals surface area contributed by atoms with E-state index < -0.39 is 46.1 Å². The van der Waals surface area contributed by atoms with E-state index in [9.17, 15) is 28.5 Å². The van der Waals surface area contributed by atoms with Crippen LogP contribution in [0.1, 0.15) is 17.6 Å². The summed E-state index contributed by atoms with van der Waals surface area (Å²) in [5, 5.41) is 19.0. The molecular formula is C8H6F2N2O5. The summed E-state index contributed by atoms with van der Waals surface area (Å²) in [5.74, 6) is -2.41. The lowest BCUT2D eigenvalue weighted by molar-refractivity contribution is -0.390. The van der Waals surface area contributed by atoms with Gasteiger partial charge in [0.05, 0.1) is 6.42 Å². The molecule has 0 fully saturated rings. The van der Waals surface area contributed by atoms with Gasteiger partial charge >= 0.3 is 11.8 Å². The van der Waals surface area contributed by atoms with Crippen molar-refractivity contribution >= 4 is 11.8 Å². The highest BCUT2D eigenvalue weighted by molar-refractivity contribution is 5.71. The lowest BCUT2D eigenvalue weighted by Gasteiger charge is -2.03. The smallest absolute Gasteiger partial charge is 0.328 e. The number of alkyl halides is 2. The fourth-order valence-corrected chi connectivity index (χ4v) is 1.22. The molecule has 0 aromatic carbocycles. The third-order valence-corrected chi connectivity index (χ3v) is 1.93. The fraction of sp³-hybridized carbons (Fsp3) is 0.250. The van der Waals surface area contributed by atoms with Gasteiger partial charge in [0.1, 0.15) is 17.3 Å².